The number of benzene rings is 2. The summed E-state index contributed by atoms with van der Waals surface area (Å²) in [6, 6.07) is 14.9. The summed E-state index contributed by atoms with van der Waals surface area (Å²) in [6.45, 7) is 3.49. The van der Waals surface area contributed by atoms with E-state index in [0.717, 1.165) is 48.2 Å². The van der Waals surface area contributed by atoms with Crippen molar-refractivity contribution in [1.29, 1.82) is 0 Å². The normalized spacial score (nSPS) is 15.5. The summed E-state index contributed by atoms with van der Waals surface area (Å²) >= 11 is 0. The second-order valence-corrected chi connectivity index (χ2v) is 7.52. The van der Waals surface area contributed by atoms with Crippen LogP contribution in [0.15, 0.2) is 60.8 Å². The summed E-state index contributed by atoms with van der Waals surface area (Å²) < 4.78 is 38.0. The maximum absolute atomic E-state index is 12.7. The summed E-state index contributed by atoms with van der Waals surface area (Å²) in [7, 11) is 0. The van der Waals surface area contributed by atoms with E-state index in [-0.39, 0.29) is 12.3 Å². The highest BCUT2D eigenvalue weighted by atomic mass is 19.4. The van der Waals surface area contributed by atoms with Crippen LogP contribution < -0.4 is 0 Å². The van der Waals surface area contributed by atoms with Crippen molar-refractivity contribution in [2.24, 2.45) is 0 Å². The van der Waals surface area contributed by atoms with Crippen LogP contribution in [0.3, 0.4) is 0 Å². The number of alkyl halides is 3. The number of nitrogens with zero attached hydrogens (tertiary/aromatic N) is 3. The van der Waals surface area contributed by atoms with E-state index in [9.17, 15) is 18.0 Å². The Morgan fingerprint density at radius 1 is 0.933 bits per heavy atom. The van der Waals surface area contributed by atoms with E-state index in [4.69, 9.17) is 0 Å². The predicted octanol–water partition coefficient (Wildman–Crippen LogP) is 4.14. The van der Waals surface area contributed by atoms with E-state index in [0.29, 0.717) is 18.7 Å². The van der Waals surface area contributed by atoms with Crippen LogP contribution in [-0.2, 0) is 23.9 Å². The second kappa shape index (κ2) is 8.44. The van der Waals surface area contributed by atoms with Crippen LogP contribution in [0.4, 0.5) is 13.2 Å². The molecule has 1 saturated heterocycles. The van der Waals surface area contributed by atoms with Gasteiger partial charge in [-0.2, -0.15) is 13.2 Å². The lowest BCUT2D eigenvalue weighted by Crippen LogP contribution is -2.48. The molecule has 1 fully saturated rings. The van der Waals surface area contributed by atoms with Gasteiger partial charge in [0.05, 0.1) is 17.5 Å². The first-order valence-corrected chi connectivity index (χ1v) is 9.89. The zero-order valence-electron chi connectivity index (χ0n) is 16.4. The fraction of sp³-hybridized carbons (Fsp3) is 0.304. The van der Waals surface area contributed by atoms with Crippen molar-refractivity contribution < 1.29 is 18.0 Å². The molecule has 0 unspecified atom stereocenters. The molecule has 0 atom stereocenters. The van der Waals surface area contributed by atoms with E-state index in [1.54, 1.807) is 11.1 Å². The number of aromatic nitrogens is 1. The molecule has 30 heavy (non-hydrogen) atoms. The lowest BCUT2D eigenvalue weighted by Gasteiger charge is -2.35. The number of carbonyl (C=O) groups excluding carboxylic acids is 1. The molecule has 156 valence electrons. The summed E-state index contributed by atoms with van der Waals surface area (Å²) in [5, 5.41) is 1.11. The number of hydrogen-bond donors (Lipinski definition) is 0. The topological polar surface area (TPSA) is 36.4 Å². The van der Waals surface area contributed by atoms with Gasteiger partial charge in [-0.05, 0) is 29.3 Å². The molecule has 1 amide bonds. The number of hydrogen-bond acceptors (Lipinski definition) is 3. The fourth-order valence-electron chi connectivity index (χ4n) is 3.79. The van der Waals surface area contributed by atoms with Gasteiger partial charge in [-0.1, -0.05) is 36.4 Å². The number of para-hydroxylation sites is 1. The molecule has 1 aliphatic rings. The molecule has 1 aromatic heterocycles. The minimum absolute atomic E-state index is 0.0544. The van der Waals surface area contributed by atoms with Gasteiger partial charge in [-0.15, -0.1) is 0 Å². The maximum atomic E-state index is 12.7. The van der Waals surface area contributed by atoms with Gasteiger partial charge in [0.2, 0.25) is 5.91 Å². The quantitative estimate of drug-likeness (QED) is 0.645. The molecule has 3 aromatic rings. The third-order valence-electron chi connectivity index (χ3n) is 5.47. The first kappa shape index (κ1) is 20.3. The molecule has 4 nitrogen and oxygen atoms in total. The molecule has 0 saturated carbocycles. The van der Waals surface area contributed by atoms with E-state index in [1.165, 1.54) is 12.1 Å². The summed E-state index contributed by atoms with van der Waals surface area (Å²) in [5.74, 6) is -0.0544. The maximum Gasteiger partial charge on any atom is 0.416 e. The van der Waals surface area contributed by atoms with Crippen molar-refractivity contribution >= 4 is 16.8 Å². The first-order valence-electron chi connectivity index (χ1n) is 9.89. The number of piperazine rings is 1. The van der Waals surface area contributed by atoms with E-state index < -0.39 is 11.7 Å². The minimum Gasteiger partial charge on any atom is -0.340 e. The Labute approximate surface area is 172 Å². The number of rotatable bonds is 4. The standard InChI is InChI=1S/C23H22F3N3O/c24-23(25,26)20-8-6-17(7-9-20)15-21(30)29-13-11-28(12-14-29)16-19-4-1-3-18-5-2-10-27-22(18)19/h1-10H,11-16H2. The SMILES string of the molecule is O=C(Cc1ccc(C(F)(F)F)cc1)N1CCN(Cc2cccc3cccnc23)CC1. The highest BCUT2D eigenvalue weighted by molar-refractivity contribution is 5.81. The van der Waals surface area contributed by atoms with Crippen molar-refractivity contribution in [3.8, 4) is 0 Å². The molecule has 0 N–H and O–H groups in total. The average Bonchev–Trinajstić information content (AvgIpc) is 2.74. The largest absolute Gasteiger partial charge is 0.416 e. The minimum atomic E-state index is -4.36. The van der Waals surface area contributed by atoms with Crippen molar-refractivity contribution in [1.82, 2.24) is 14.8 Å². The van der Waals surface area contributed by atoms with Gasteiger partial charge in [-0.25, -0.2) is 0 Å². The van der Waals surface area contributed by atoms with Gasteiger partial charge < -0.3 is 4.90 Å². The van der Waals surface area contributed by atoms with Crippen molar-refractivity contribution in [3.63, 3.8) is 0 Å². The molecule has 2 heterocycles. The van der Waals surface area contributed by atoms with Gasteiger partial charge in [-0.3, -0.25) is 14.7 Å². The first-order chi connectivity index (χ1) is 14.4. The van der Waals surface area contributed by atoms with Gasteiger partial charge in [0.25, 0.3) is 0 Å². The molecular weight excluding hydrogens is 391 g/mol. The Morgan fingerprint density at radius 2 is 1.63 bits per heavy atom. The monoisotopic (exact) mass is 413 g/mol. The molecule has 7 heteroatoms. The number of carbonyl (C=O) groups is 1. The van der Waals surface area contributed by atoms with Crippen molar-refractivity contribution in [2.75, 3.05) is 26.2 Å². The molecule has 0 bridgehead atoms. The zero-order chi connectivity index (χ0) is 21.1. The summed E-state index contributed by atoms with van der Waals surface area (Å²) in [6.07, 6.45) is -2.45. The number of halogens is 3. The number of fused-ring (bicyclic) bond motifs is 1. The highest BCUT2D eigenvalue weighted by Gasteiger charge is 2.30. The molecule has 1 aliphatic heterocycles. The third-order valence-corrected chi connectivity index (χ3v) is 5.47. The van der Waals surface area contributed by atoms with Crippen LogP contribution in [0, 0.1) is 0 Å². The van der Waals surface area contributed by atoms with Crippen LogP contribution in [0.25, 0.3) is 10.9 Å². The molecule has 0 radical (unpaired) electrons. The Balaban J connectivity index is 1.32. The van der Waals surface area contributed by atoms with Gasteiger partial charge in [0, 0.05) is 44.3 Å². The lowest BCUT2D eigenvalue weighted by molar-refractivity contribution is -0.137. The van der Waals surface area contributed by atoms with E-state index in [2.05, 4.69) is 16.0 Å². The Hall–Kier alpha value is -2.93. The van der Waals surface area contributed by atoms with Crippen LogP contribution >= 0.6 is 0 Å². The zero-order valence-corrected chi connectivity index (χ0v) is 16.4. The van der Waals surface area contributed by atoms with Gasteiger partial charge >= 0.3 is 6.18 Å². The van der Waals surface area contributed by atoms with Crippen LogP contribution in [-0.4, -0.2) is 46.9 Å². The number of amides is 1. The van der Waals surface area contributed by atoms with Crippen LogP contribution in [0.5, 0.6) is 0 Å². The lowest BCUT2D eigenvalue weighted by atomic mass is 10.1. The Bertz CT molecular complexity index is 1020. The van der Waals surface area contributed by atoms with E-state index >= 15 is 0 Å². The average molecular weight is 413 g/mol. The number of pyridine rings is 1. The molecule has 2 aromatic carbocycles. The summed E-state index contributed by atoms with van der Waals surface area (Å²) in [5.41, 5.74) is 2.06. The van der Waals surface area contributed by atoms with E-state index in [1.807, 2.05) is 24.3 Å². The Kier molecular flexibility index (Phi) is 5.72. The fourth-order valence-corrected chi connectivity index (χ4v) is 3.79. The highest BCUT2D eigenvalue weighted by Crippen LogP contribution is 2.29. The second-order valence-electron chi connectivity index (χ2n) is 7.52. The molecule has 0 aliphatic carbocycles. The third kappa shape index (κ3) is 4.62. The van der Waals surface area contributed by atoms with Gasteiger partial charge in [0.1, 0.15) is 0 Å². The Morgan fingerprint density at radius 3 is 2.33 bits per heavy atom. The van der Waals surface area contributed by atoms with Crippen molar-refractivity contribution in [3.05, 3.63) is 77.5 Å². The van der Waals surface area contributed by atoms with Crippen LogP contribution in [0.1, 0.15) is 16.7 Å². The molecule has 0 spiro atoms. The molecular formula is C23H22F3N3O. The summed E-state index contributed by atoms with van der Waals surface area (Å²) in [4.78, 5) is 21.1. The van der Waals surface area contributed by atoms with Gasteiger partial charge in [0.15, 0.2) is 0 Å². The van der Waals surface area contributed by atoms with Crippen LogP contribution in [0.2, 0.25) is 0 Å². The van der Waals surface area contributed by atoms with Crippen molar-refractivity contribution in [2.45, 2.75) is 19.1 Å². The predicted molar refractivity (Wildman–Crippen MR) is 109 cm³/mol. The molecule has 4 rings (SSSR count). The smallest absolute Gasteiger partial charge is 0.340 e.